The first-order chi connectivity index (χ1) is 17.0. The third-order valence-corrected chi connectivity index (χ3v) is 6.58. The van der Waals surface area contributed by atoms with Crippen LogP contribution in [0.1, 0.15) is 57.5 Å². The highest BCUT2D eigenvalue weighted by molar-refractivity contribution is 5.95. The van der Waals surface area contributed by atoms with E-state index in [4.69, 9.17) is 4.74 Å². The number of benzene rings is 2. The molecule has 0 radical (unpaired) electrons. The molecule has 7 nitrogen and oxygen atoms in total. The third-order valence-electron chi connectivity index (χ3n) is 6.58. The van der Waals surface area contributed by atoms with Crippen LogP contribution >= 0.6 is 0 Å². The van der Waals surface area contributed by atoms with Gasteiger partial charge in [-0.25, -0.2) is 4.98 Å². The molecular weight excluding hydrogens is 436 g/mol. The normalized spacial score (nSPS) is 14.6. The zero-order valence-corrected chi connectivity index (χ0v) is 20.5. The van der Waals surface area contributed by atoms with Crippen molar-refractivity contribution in [3.8, 4) is 23.1 Å². The van der Waals surface area contributed by atoms with Crippen LogP contribution in [-0.2, 0) is 6.61 Å². The molecule has 3 N–H and O–H groups in total. The van der Waals surface area contributed by atoms with Gasteiger partial charge in [0.1, 0.15) is 24.3 Å². The Morgan fingerprint density at radius 3 is 2.60 bits per heavy atom. The number of rotatable bonds is 9. The fraction of sp³-hybridized carbons (Fsp3) is 0.357. The summed E-state index contributed by atoms with van der Waals surface area (Å²) in [5.41, 5.74) is 4.87. The van der Waals surface area contributed by atoms with Crippen molar-refractivity contribution < 1.29 is 4.74 Å². The average Bonchev–Trinajstić information content (AvgIpc) is 3.43. The van der Waals surface area contributed by atoms with Crippen LogP contribution in [0.25, 0.3) is 22.2 Å². The van der Waals surface area contributed by atoms with Gasteiger partial charge in [0.2, 0.25) is 0 Å². The van der Waals surface area contributed by atoms with E-state index in [1.54, 1.807) is 12.4 Å². The Morgan fingerprint density at radius 1 is 1.17 bits per heavy atom. The summed E-state index contributed by atoms with van der Waals surface area (Å²) in [5.74, 6) is 1.55. The van der Waals surface area contributed by atoms with E-state index in [1.807, 2.05) is 12.1 Å². The molecule has 35 heavy (non-hydrogen) atoms. The Bertz CT molecular complexity index is 1330. The molecule has 1 atom stereocenters. The molecule has 2 aromatic carbocycles. The summed E-state index contributed by atoms with van der Waals surface area (Å²) in [7, 11) is 0. The van der Waals surface area contributed by atoms with E-state index in [-0.39, 0.29) is 6.17 Å². The number of nitrogens with one attached hydrogen (secondary N) is 3. The lowest BCUT2D eigenvalue weighted by atomic mass is 9.92. The summed E-state index contributed by atoms with van der Waals surface area (Å²) in [6.45, 7) is 6.76. The highest BCUT2D eigenvalue weighted by Crippen LogP contribution is 2.43. The number of hydrogen-bond acceptors (Lipinski definition) is 5. The van der Waals surface area contributed by atoms with Crippen molar-refractivity contribution in [1.82, 2.24) is 19.9 Å². The number of fused-ring (bicyclic) bond motifs is 1. The van der Waals surface area contributed by atoms with Crippen LogP contribution in [0.3, 0.4) is 0 Å². The van der Waals surface area contributed by atoms with Gasteiger partial charge in [-0.15, -0.1) is 0 Å². The second-order valence-corrected chi connectivity index (χ2v) is 9.56. The molecule has 2 aromatic heterocycles. The molecule has 0 saturated heterocycles. The summed E-state index contributed by atoms with van der Waals surface area (Å²) in [4.78, 5) is 7.30. The van der Waals surface area contributed by atoms with Crippen molar-refractivity contribution in [3.05, 3.63) is 66.2 Å². The number of hydrogen-bond donors (Lipinski definition) is 3. The quantitative estimate of drug-likeness (QED) is 0.264. The maximum atomic E-state index is 10.2. The molecule has 1 saturated carbocycles. The van der Waals surface area contributed by atoms with Gasteiger partial charge in [0.15, 0.2) is 0 Å². The molecule has 2 heterocycles. The third kappa shape index (κ3) is 4.75. The number of ether oxygens (including phenoxy) is 1. The Hall–Kier alpha value is -3.76. The van der Waals surface area contributed by atoms with Gasteiger partial charge in [-0.2, -0.15) is 5.26 Å². The predicted octanol–water partition coefficient (Wildman–Crippen LogP) is 5.96. The monoisotopic (exact) mass is 468 g/mol. The van der Waals surface area contributed by atoms with Crippen molar-refractivity contribution in [2.45, 2.75) is 64.9 Å². The summed E-state index contributed by atoms with van der Waals surface area (Å²) >= 11 is 0. The Kier molecular flexibility index (Phi) is 6.47. The second kappa shape index (κ2) is 9.85. The Balaban J connectivity index is 1.51. The molecule has 0 amide bonds. The van der Waals surface area contributed by atoms with Crippen molar-refractivity contribution in [3.63, 3.8) is 0 Å². The fourth-order valence-corrected chi connectivity index (χ4v) is 4.85. The summed E-state index contributed by atoms with van der Waals surface area (Å²) in [6, 6.07) is 17.7. The minimum absolute atomic E-state index is 0.163. The molecule has 0 spiro atoms. The smallest absolute Gasteiger partial charge is 0.146 e. The van der Waals surface area contributed by atoms with Gasteiger partial charge in [0.05, 0.1) is 22.9 Å². The summed E-state index contributed by atoms with van der Waals surface area (Å²) in [6.07, 6.45) is 7.13. The molecular formula is C28H32N6O. The van der Waals surface area contributed by atoms with E-state index in [0.717, 1.165) is 57.8 Å². The lowest BCUT2D eigenvalue weighted by Crippen LogP contribution is -2.37. The molecule has 0 aliphatic heterocycles. The van der Waals surface area contributed by atoms with Gasteiger partial charge in [-0.3, -0.25) is 5.32 Å². The lowest BCUT2D eigenvalue weighted by Gasteiger charge is -2.30. The Labute approximate surface area is 206 Å². The minimum atomic E-state index is 0.163. The number of imidazole rings is 1. The van der Waals surface area contributed by atoms with Crippen molar-refractivity contribution in [2.75, 3.05) is 5.32 Å². The molecule has 5 rings (SSSR count). The number of aromatic nitrogens is 3. The molecule has 1 unspecified atom stereocenters. The van der Waals surface area contributed by atoms with E-state index in [2.05, 4.69) is 82.3 Å². The molecule has 1 fully saturated rings. The number of nitrogens with zero attached hydrogens (tertiary/aromatic N) is 3. The van der Waals surface area contributed by atoms with Gasteiger partial charge in [0, 0.05) is 41.6 Å². The van der Waals surface area contributed by atoms with Crippen LogP contribution in [0.5, 0.6) is 5.75 Å². The van der Waals surface area contributed by atoms with Crippen LogP contribution in [-0.4, -0.2) is 26.7 Å². The fourth-order valence-electron chi connectivity index (χ4n) is 4.85. The van der Waals surface area contributed by atoms with Crippen LogP contribution in [0, 0.1) is 11.3 Å². The highest BCUT2D eigenvalue weighted by atomic mass is 16.5. The molecule has 4 aromatic rings. The maximum Gasteiger partial charge on any atom is 0.146 e. The number of aromatic amines is 1. The largest absolute Gasteiger partial charge is 0.486 e. The van der Waals surface area contributed by atoms with Gasteiger partial charge >= 0.3 is 0 Å². The lowest BCUT2D eigenvalue weighted by molar-refractivity contribution is 0.296. The highest BCUT2D eigenvalue weighted by Gasteiger charge is 2.28. The van der Waals surface area contributed by atoms with Crippen LogP contribution in [0.4, 0.5) is 5.69 Å². The first-order valence-corrected chi connectivity index (χ1v) is 12.4. The van der Waals surface area contributed by atoms with E-state index in [9.17, 15) is 5.26 Å². The number of anilines is 1. The summed E-state index contributed by atoms with van der Waals surface area (Å²) < 4.78 is 8.37. The minimum Gasteiger partial charge on any atom is -0.486 e. The first-order valence-electron chi connectivity index (χ1n) is 12.4. The van der Waals surface area contributed by atoms with Crippen LogP contribution < -0.4 is 15.4 Å². The standard InChI is InChI=1S/C28H32N6O/c1-18(2)32-19(3)33-21-9-7-20(8-10-21)28-25(16-29)24-12-11-23(35-17-27-30-13-14-31-27)15-26(24)34(28)22-5-4-6-22/h7-15,18-19,22,32-33H,4-6,17H2,1-3H3,(H,30,31). The molecule has 0 bridgehead atoms. The average molecular weight is 469 g/mol. The van der Waals surface area contributed by atoms with Crippen molar-refractivity contribution in [2.24, 2.45) is 0 Å². The molecule has 1 aliphatic rings. The van der Waals surface area contributed by atoms with Gasteiger partial charge in [-0.1, -0.05) is 12.1 Å². The van der Waals surface area contributed by atoms with Crippen LogP contribution in [0.15, 0.2) is 54.9 Å². The molecule has 1 aliphatic carbocycles. The SMILES string of the molecule is CC(C)NC(C)Nc1ccc(-c2c(C#N)c3ccc(OCc4ncc[nH]4)cc3n2C2CCC2)cc1. The maximum absolute atomic E-state index is 10.2. The van der Waals surface area contributed by atoms with E-state index in [1.165, 1.54) is 6.42 Å². The Morgan fingerprint density at radius 2 is 1.97 bits per heavy atom. The van der Waals surface area contributed by atoms with E-state index >= 15 is 0 Å². The van der Waals surface area contributed by atoms with Crippen molar-refractivity contribution >= 4 is 16.6 Å². The van der Waals surface area contributed by atoms with Gasteiger partial charge in [-0.05, 0) is 69.9 Å². The zero-order chi connectivity index (χ0) is 24.4. The number of nitriles is 1. The molecule has 7 heteroatoms. The van der Waals surface area contributed by atoms with Gasteiger partial charge < -0.3 is 19.6 Å². The predicted molar refractivity (Wildman–Crippen MR) is 139 cm³/mol. The first kappa shape index (κ1) is 23.0. The van der Waals surface area contributed by atoms with E-state index < -0.39 is 0 Å². The van der Waals surface area contributed by atoms with Crippen molar-refractivity contribution in [1.29, 1.82) is 5.26 Å². The zero-order valence-electron chi connectivity index (χ0n) is 20.5. The van der Waals surface area contributed by atoms with Crippen LogP contribution in [0.2, 0.25) is 0 Å². The summed E-state index contributed by atoms with van der Waals surface area (Å²) in [5, 5.41) is 18.1. The van der Waals surface area contributed by atoms with Gasteiger partial charge in [0.25, 0.3) is 0 Å². The number of H-pyrrole nitrogens is 1. The van der Waals surface area contributed by atoms with E-state index in [0.29, 0.717) is 18.7 Å². The second-order valence-electron chi connectivity index (χ2n) is 9.56. The molecule has 180 valence electrons. The topological polar surface area (TPSA) is 90.7 Å².